The van der Waals surface area contributed by atoms with Gasteiger partial charge in [-0.2, -0.15) is 0 Å². The van der Waals surface area contributed by atoms with Crippen molar-refractivity contribution in [1.82, 2.24) is 0 Å². The summed E-state index contributed by atoms with van der Waals surface area (Å²) in [5.41, 5.74) is 1.21. The van der Waals surface area contributed by atoms with Crippen LogP contribution >= 0.6 is 27.5 Å². The summed E-state index contributed by atoms with van der Waals surface area (Å²) in [6, 6.07) is 7.95. The molecule has 0 saturated heterocycles. The molecule has 20 heavy (non-hydrogen) atoms. The molecule has 0 aliphatic heterocycles. The first-order chi connectivity index (χ1) is 9.54. The van der Waals surface area contributed by atoms with E-state index in [1.54, 1.807) is 0 Å². The van der Waals surface area contributed by atoms with Gasteiger partial charge < -0.3 is 4.74 Å². The summed E-state index contributed by atoms with van der Waals surface area (Å²) in [5.74, 6) is 1.65. The van der Waals surface area contributed by atoms with E-state index in [2.05, 4.69) is 29.8 Å². The van der Waals surface area contributed by atoms with Crippen LogP contribution in [-0.2, 0) is 11.3 Å². The molecule has 0 amide bonds. The van der Waals surface area contributed by atoms with Crippen molar-refractivity contribution in [3.8, 4) is 0 Å². The van der Waals surface area contributed by atoms with Gasteiger partial charge in [-0.25, -0.2) is 0 Å². The minimum absolute atomic E-state index is 0.0189. The monoisotopic (exact) mass is 358 g/mol. The molecule has 0 bridgehead atoms. The number of alkyl halides is 1. The fourth-order valence-corrected chi connectivity index (χ4v) is 3.82. The lowest BCUT2D eigenvalue weighted by atomic mass is 9.75. The Morgan fingerprint density at radius 2 is 1.85 bits per heavy atom. The Morgan fingerprint density at radius 1 is 1.25 bits per heavy atom. The Labute approximate surface area is 136 Å². The van der Waals surface area contributed by atoms with E-state index in [1.807, 2.05) is 24.3 Å². The fourth-order valence-electron chi connectivity index (χ4n) is 2.97. The highest BCUT2D eigenvalue weighted by Crippen LogP contribution is 2.39. The van der Waals surface area contributed by atoms with E-state index in [0.29, 0.717) is 6.61 Å². The first-order valence-corrected chi connectivity index (χ1v) is 8.99. The Hall–Kier alpha value is -0.0500. The number of ether oxygens (including phenoxy) is 1. The van der Waals surface area contributed by atoms with E-state index < -0.39 is 0 Å². The van der Waals surface area contributed by atoms with Gasteiger partial charge in [-0.15, -0.1) is 0 Å². The lowest BCUT2D eigenvalue weighted by Gasteiger charge is -2.40. The lowest BCUT2D eigenvalue weighted by Crippen LogP contribution is -2.39. The normalized spacial score (nSPS) is 26.9. The van der Waals surface area contributed by atoms with Crippen molar-refractivity contribution >= 4 is 27.5 Å². The lowest BCUT2D eigenvalue weighted by molar-refractivity contribution is -0.0732. The van der Waals surface area contributed by atoms with E-state index in [4.69, 9.17) is 16.3 Å². The number of rotatable bonds is 5. The van der Waals surface area contributed by atoms with E-state index in [0.717, 1.165) is 35.0 Å². The van der Waals surface area contributed by atoms with Crippen LogP contribution in [0.1, 0.15) is 45.1 Å². The summed E-state index contributed by atoms with van der Waals surface area (Å²) < 4.78 is 6.28. The van der Waals surface area contributed by atoms with Crippen molar-refractivity contribution < 1.29 is 4.74 Å². The van der Waals surface area contributed by atoms with Gasteiger partial charge in [0.1, 0.15) is 0 Å². The van der Waals surface area contributed by atoms with Gasteiger partial charge >= 0.3 is 0 Å². The van der Waals surface area contributed by atoms with Gasteiger partial charge in [-0.3, -0.25) is 0 Å². The summed E-state index contributed by atoms with van der Waals surface area (Å²) in [4.78, 5) is 0. The Kier molecular flexibility index (Phi) is 5.95. The number of benzene rings is 1. The fraction of sp³-hybridized carbons (Fsp3) is 0.647. The summed E-state index contributed by atoms with van der Waals surface area (Å²) >= 11 is 9.58. The van der Waals surface area contributed by atoms with E-state index in [-0.39, 0.29) is 5.60 Å². The average molecular weight is 360 g/mol. The highest BCUT2D eigenvalue weighted by Gasteiger charge is 2.36. The molecule has 3 heteroatoms. The zero-order valence-electron chi connectivity index (χ0n) is 12.4. The van der Waals surface area contributed by atoms with Gasteiger partial charge in [-0.1, -0.05) is 53.5 Å². The van der Waals surface area contributed by atoms with Crippen LogP contribution in [0.15, 0.2) is 24.3 Å². The van der Waals surface area contributed by atoms with Crippen LogP contribution in [0.25, 0.3) is 0 Å². The van der Waals surface area contributed by atoms with E-state index >= 15 is 0 Å². The van der Waals surface area contributed by atoms with E-state index in [9.17, 15) is 0 Å². The Morgan fingerprint density at radius 3 is 2.35 bits per heavy atom. The third-order valence-electron chi connectivity index (χ3n) is 4.59. The first kappa shape index (κ1) is 16.3. The second-order valence-corrected chi connectivity index (χ2v) is 7.31. The van der Waals surface area contributed by atoms with Gasteiger partial charge in [0.25, 0.3) is 0 Å². The highest BCUT2D eigenvalue weighted by molar-refractivity contribution is 9.09. The molecule has 112 valence electrons. The molecule has 1 nitrogen and oxygen atoms in total. The average Bonchev–Trinajstić information content (AvgIpc) is 2.47. The van der Waals surface area contributed by atoms with Crippen molar-refractivity contribution in [3.63, 3.8) is 0 Å². The quantitative estimate of drug-likeness (QED) is 0.600. The molecule has 0 unspecified atom stereocenters. The Balaban J connectivity index is 1.91. The predicted octanol–water partition coefficient (Wildman–Crippen LogP) is 5.84. The molecule has 1 saturated carbocycles. The van der Waals surface area contributed by atoms with Crippen molar-refractivity contribution in [2.75, 3.05) is 5.33 Å². The number of hydrogen-bond acceptors (Lipinski definition) is 1. The van der Waals surface area contributed by atoms with Crippen LogP contribution in [0.5, 0.6) is 0 Å². The maximum atomic E-state index is 6.28. The zero-order valence-corrected chi connectivity index (χ0v) is 14.7. The van der Waals surface area contributed by atoms with Crippen molar-refractivity contribution in [3.05, 3.63) is 34.9 Å². The maximum Gasteiger partial charge on any atom is 0.0783 e. The van der Waals surface area contributed by atoms with Crippen LogP contribution in [-0.4, -0.2) is 10.9 Å². The van der Waals surface area contributed by atoms with Crippen LogP contribution in [0.2, 0.25) is 5.02 Å². The molecule has 0 heterocycles. The largest absolute Gasteiger partial charge is 0.369 e. The molecule has 1 aliphatic rings. The smallest absolute Gasteiger partial charge is 0.0783 e. The van der Waals surface area contributed by atoms with Crippen LogP contribution in [0.3, 0.4) is 0 Å². The molecular formula is C17H24BrClO. The number of hydrogen-bond donors (Lipinski definition) is 0. The molecule has 0 aromatic heterocycles. The summed E-state index contributed by atoms with van der Waals surface area (Å²) in [6.45, 7) is 5.34. The first-order valence-electron chi connectivity index (χ1n) is 7.49. The molecule has 1 aromatic carbocycles. The molecule has 0 radical (unpaired) electrons. The molecule has 0 N–H and O–H groups in total. The van der Waals surface area contributed by atoms with Gasteiger partial charge in [0.05, 0.1) is 12.2 Å². The predicted molar refractivity (Wildman–Crippen MR) is 89.6 cm³/mol. The highest BCUT2D eigenvalue weighted by atomic mass is 79.9. The van der Waals surface area contributed by atoms with Crippen LogP contribution in [0.4, 0.5) is 0 Å². The third kappa shape index (κ3) is 4.22. The molecule has 1 aromatic rings. The van der Waals surface area contributed by atoms with Crippen molar-refractivity contribution in [2.45, 2.75) is 51.7 Å². The van der Waals surface area contributed by atoms with Crippen molar-refractivity contribution in [1.29, 1.82) is 0 Å². The molecule has 0 spiro atoms. The summed E-state index contributed by atoms with van der Waals surface area (Å²) in [6.07, 6.45) is 4.89. The standard InChI is InChI=1S/C17H24BrClO/c1-13(2)15-7-9-17(12-18,10-8-15)20-11-14-3-5-16(19)6-4-14/h3-6,13,15H,7-12H2,1-2H3. The molecular weight excluding hydrogens is 336 g/mol. The SMILES string of the molecule is CC(C)C1CCC(CBr)(OCc2ccc(Cl)cc2)CC1. The molecule has 1 fully saturated rings. The minimum atomic E-state index is 0.0189. The van der Waals surface area contributed by atoms with Crippen molar-refractivity contribution in [2.24, 2.45) is 11.8 Å². The van der Waals surface area contributed by atoms with Gasteiger partial charge in [0, 0.05) is 10.4 Å². The number of halogens is 2. The summed E-state index contributed by atoms with van der Waals surface area (Å²) in [5, 5.41) is 1.71. The zero-order chi connectivity index (χ0) is 14.6. The molecule has 1 aliphatic carbocycles. The van der Waals surface area contributed by atoms with Crippen LogP contribution in [0, 0.1) is 11.8 Å². The summed E-state index contributed by atoms with van der Waals surface area (Å²) in [7, 11) is 0. The van der Waals surface area contributed by atoms with Gasteiger partial charge in [-0.05, 0) is 55.2 Å². The Bertz CT molecular complexity index is 408. The molecule has 2 rings (SSSR count). The van der Waals surface area contributed by atoms with Gasteiger partial charge in [0.2, 0.25) is 0 Å². The topological polar surface area (TPSA) is 9.23 Å². The van der Waals surface area contributed by atoms with Gasteiger partial charge in [0.15, 0.2) is 0 Å². The van der Waals surface area contributed by atoms with Crippen LogP contribution < -0.4 is 0 Å². The minimum Gasteiger partial charge on any atom is -0.369 e. The maximum absolute atomic E-state index is 6.28. The molecule has 0 atom stereocenters. The second kappa shape index (κ2) is 7.29. The third-order valence-corrected chi connectivity index (χ3v) is 5.86. The van der Waals surface area contributed by atoms with E-state index in [1.165, 1.54) is 18.4 Å². The second-order valence-electron chi connectivity index (χ2n) is 6.31.